The molecule has 3 nitrogen and oxygen atoms in total. The molecule has 2 aromatic rings. The highest BCUT2D eigenvalue weighted by Crippen LogP contribution is 2.50. The fraction of sp³-hybridized carbons (Fsp3) is 0.333. The van der Waals surface area contributed by atoms with Crippen LogP contribution in [0.15, 0.2) is 48.5 Å². The first-order chi connectivity index (χ1) is 10.4. The molecule has 0 amide bonds. The molecule has 21 heavy (non-hydrogen) atoms. The number of benzene rings is 2. The van der Waals surface area contributed by atoms with Crippen LogP contribution < -0.4 is 10.1 Å². The maximum atomic E-state index is 6.03. The molecule has 3 heteroatoms. The summed E-state index contributed by atoms with van der Waals surface area (Å²) < 4.78 is 11.6. The maximum absolute atomic E-state index is 6.03. The quantitative estimate of drug-likeness (QED) is 0.904. The average molecular weight is 281 g/mol. The summed E-state index contributed by atoms with van der Waals surface area (Å²) in [6.45, 7) is 0.830. The van der Waals surface area contributed by atoms with E-state index < -0.39 is 0 Å². The molecule has 2 aliphatic rings. The summed E-state index contributed by atoms with van der Waals surface area (Å²) in [4.78, 5) is 0. The smallest absolute Gasteiger partial charge is 0.124 e. The number of fused-ring (bicyclic) bond motifs is 3. The van der Waals surface area contributed by atoms with Gasteiger partial charge in [-0.05, 0) is 18.6 Å². The molecule has 1 fully saturated rings. The van der Waals surface area contributed by atoms with Gasteiger partial charge in [0.05, 0.1) is 19.3 Å². The number of rotatable bonds is 2. The van der Waals surface area contributed by atoms with Crippen LogP contribution in [-0.4, -0.2) is 13.7 Å². The third kappa shape index (κ3) is 2.00. The van der Waals surface area contributed by atoms with Gasteiger partial charge in [-0.1, -0.05) is 36.4 Å². The van der Waals surface area contributed by atoms with Crippen molar-refractivity contribution in [3.63, 3.8) is 0 Å². The number of hydrogen-bond donors (Lipinski definition) is 1. The van der Waals surface area contributed by atoms with Crippen molar-refractivity contribution in [1.82, 2.24) is 0 Å². The largest absolute Gasteiger partial charge is 0.496 e. The van der Waals surface area contributed by atoms with Crippen molar-refractivity contribution in [2.75, 3.05) is 19.0 Å². The molecule has 0 radical (unpaired) electrons. The molecule has 0 saturated carbocycles. The summed E-state index contributed by atoms with van der Waals surface area (Å²) in [5, 5.41) is 3.70. The number of nitrogens with one attached hydrogen (secondary N) is 1. The van der Waals surface area contributed by atoms with Crippen molar-refractivity contribution in [1.29, 1.82) is 0 Å². The van der Waals surface area contributed by atoms with E-state index in [0.29, 0.717) is 5.92 Å². The topological polar surface area (TPSA) is 30.5 Å². The van der Waals surface area contributed by atoms with Crippen LogP contribution in [0.25, 0.3) is 0 Å². The predicted molar refractivity (Wildman–Crippen MR) is 82.6 cm³/mol. The Kier molecular flexibility index (Phi) is 3.08. The monoisotopic (exact) mass is 281 g/mol. The molecule has 0 aromatic heterocycles. The van der Waals surface area contributed by atoms with E-state index in [9.17, 15) is 0 Å². The second kappa shape index (κ2) is 5.08. The second-order valence-corrected chi connectivity index (χ2v) is 5.70. The molecule has 0 bridgehead atoms. The Balaban J connectivity index is 1.80. The Morgan fingerprint density at radius 1 is 1.05 bits per heavy atom. The van der Waals surface area contributed by atoms with E-state index in [4.69, 9.17) is 9.47 Å². The SMILES string of the molecule is COc1ccccc1[C@@H]1Nc2ccccc2[C@H]2OCC[C@H]21. The van der Waals surface area contributed by atoms with Gasteiger partial charge in [0.2, 0.25) is 0 Å². The number of hydrogen-bond acceptors (Lipinski definition) is 3. The molecule has 2 aliphatic heterocycles. The Morgan fingerprint density at radius 2 is 1.81 bits per heavy atom. The Morgan fingerprint density at radius 3 is 2.67 bits per heavy atom. The molecule has 1 saturated heterocycles. The van der Waals surface area contributed by atoms with Crippen LogP contribution in [0.2, 0.25) is 0 Å². The van der Waals surface area contributed by atoms with Crippen molar-refractivity contribution in [2.24, 2.45) is 5.92 Å². The van der Waals surface area contributed by atoms with Gasteiger partial charge in [0.15, 0.2) is 0 Å². The van der Waals surface area contributed by atoms with E-state index in [1.807, 2.05) is 12.1 Å². The summed E-state index contributed by atoms with van der Waals surface area (Å²) in [7, 11) is 1.73. The standard InChI is InChI=1S/C18H19NO2/c1-20-16-9-5-3-7-13(16)17-14-10-11-21-18(14)12-6-2-4-8-15(12)19-17/h2-9,14,17-19H,10-11H2,1H3/t14-,17-,18+/m0/s1. The molecular formula is C18H19NO2. The molecule has 3 atom stereocenters. The summed E-state index contributed by atoms with van der Waals surface area (Å²) in [6, 6.07) is 17.0. The normalized spacial score (nSPS) is 26.6. The van der Waals surface area contributed by atoms with Crippen molar-refractivity contribution >= 4 is 5.69 Å². The summed E-state index contributed by atoms with van der Waals surface area (Å²) in [5.41, 5.74) is 3.68. The Labute approximate surface area is 124 Å². The van der Waals surface area contributed by atoms with E-state index >= 15 is 0 Å². The van der Waals surface area contributed by atoms with Crippen molar-refractivity contribution in [2.45, 2.75) is 18.6 Å². The third-order valence-corrected chi connectivity index (χ3v) is 4.62. The number of anilines is 1. The second-order valence-electron chi connectivity index (χ2n) is 5.70. The molecule has 108 valence electrons. The molecule has 2 heterocycles. The summed E-state index contributed by atoms with van der Waals surface area (Å²) >= 11 is 0. The lowest BCUT2D eigenvalue weighted by Gasteiger charge is -2.36. The molecular weight excluding hydrogens is 262 g/mol. The number of para-hydroxylation sites is 2. The molecule has 1 N–H and O–H groups in total. The predicted octanol–water partition coefficient (Wildman–Crippen LogP) is 3.94. The highest BCUT2D eigenvalue weighted by atomic mass is 16.5. The number of methoxy groups -OCH3 is 1. The lowest BCUT2D eigenvalue weighted by atomic mass is 9.81. The molecule has 2 aromatic carbocycles. The third-order valence-electron chi connectivity index (χ3n) is 4.62. The lowest BCUT2D eigenvalue weighted by Crippen LogP contribution is -2.29. The van der Waals surface area contributed by atoms with E-state index in [1.165, 1.54) is 16.8 Å². The molecule has 4 rings (SSSR count). The zero-order chi connectivity index (χ0) is 14.2. The van der Waals surface area contributed by atoms with Crippen LogP contribution >= 0.6 is 0 Å². The number of ether oxygens (including phenoxy) is 2. The first-order valence-corrected chi connectivity index (χ1v) is 7.48. The van der Waals surface area contributed by atoms with Gasteiger partial charge in [-0.3, -0.25) is 0 Å². The van der Waals surface area contributed by atoms with Gasteiger partial charge < -0.3 is 14.8 Å². The van der Waals surface area contributed by atoms with Crippen LogP contribution in [0.1, 0.15) is 29.7 Å². The minimum atomic E-state index is 0.192. The average Bonchev–Trinajstić information content (AvgIpc) is 3.04. The maximum Gasteiger partial charge on any atom is 0.124 e. The Bertz CT molecular complexity index is 655. The lowest BCUT2D eigenvalue weighted by molar-refractivity contribution is 0.0827. The minimum absolute atomic E-state index is 0.192. The van der Waals surface area contributed by atoms with E-state index in [-0.39, 0.29) is 12.1 Å². The van der Waals surface area contributed by atoms with E-state index in [2.05, 4.69) is 41.7 Å². The van der Waals surface area contributed by atoms with Crippen LogP contribution in [0, 0.1) is 5.92 Å². The highest BCUT2D eigenvalue weighted by Gasteiger charge is 2.42. The van der Waals surface area contributed by atoms with Gasteiger partial charge in [0, 0.05) is 29.3 Å². The van der Waals surface area contributed by atoms with Gasteiger partial charge in [0.25, 0.3) is 0 Å². The van der Waals surface area contributed by atoms with Gasteiger partial charge in [-0.25, -0.2) is 0 Å². The summed E-state index contributed by atoms with van der Waals surface area (Å²) in [5.74, 6) is 1.40. The van der Waals surface area contributed by atoms with Crippen molar-refractivity contribution in [3.05, 3.63) is 59.7 Å². The van der Waals surface area contributed by atoms with Crippen LogP contribution in [0.4, 0.5) is 5.69 Å². The van der Waals surface area contributed by atoms with E-state index in [1.54, 1.807) is 7.11 Å². The van der Waals surface area contributed by atoms with Crippen molar-refractivity contribution < 1.29 is 9.47 Å². The van der Waals surface area contributed by atoms with Crippen LogP contribution in [-0.2, 0) is 4.74 Å². The zero-order valence-corrected chi connectivity index (χ0v) is 12.1. The van der Waals surface area contributed by atoms with Gasteiger partial charge in [0.1, 0.15) is 5.75 Å². The van der Waals surface area contributed by atoms with Gasteiger partial charge in [-0.2, -0.15) is 0 Å². The first kappa shape index (κ1) is 12.7. The molecule has 0 unspecified atom stereocenters. The highest BCUT2D eigenvalue weighted by molar-refractivity contribution is 5.58. The summed E-state index contributed by atoms with van der Waals surface area (Å²) in [6.07, 6.45) is 1.27. The van der Waals surface area contributed by atoms with E-state index in [0.717, 1.165) is 18.8 Å². The molecule has 0 aliphatic carbocycles. The van der Waals surface area contributed by atoms with Crippen molar-refractivity contribution in [3.8, 4) is 5.75 Å². The Hall–Kier alpha value is -2.00. The zero-order valence-electron chi connectivity index (χ0n) is 12.1. The van der Waals surface area contributed by atoms with Gasteiger partial charge in [-0.15, -0.1) is 0 Å². The molecule has 0 spiro atoms. The minimum Gasteiger partial charge on any atom is -0.496 e. The van der Waals surface area contributed by atoms with Crippen LogP contribution in [0.5, 0.6) is 5.75 Å². The van der Waals surface area contributed by atoms with Crippen LogP contribution in [0.3, 0.4) is 0 Å². The van der Waals surface area contributed by atoms with Gasteiger partial charge >= 0.3 is 0 Å². The fourth-order valence-corrected chi connectivity index (χ4v) is 3.65. The first-order valence-electron chi connectivity index (χ1n) is 7.48. The fourth-order valence-electron chi connectivity index (χ4n) is 3.65.